The molecule has 0 amide bonds. The second kappa shape index (κ2) is 6.34. The Morgan fingerprint density at radius 3 is 2.70 bits per heavy atom. The quantitative estimate of drug-likeness (QED) is 0.865. The summed E-state index contributed by atoms with van der Waals surface area (Å²) in [5.74, 6) is -1.15. The lowest BCUT2D eigenvalue weighted by atomic mass is 10.2. The van der Waals surface area contributed by atoms with Crippen LogP contribution in [0.4, 0.5) is 0 Å². The topological polar surface area (TPSA) is 83.9 Å². The molecular formula is C13H17NO5S. The molecular weight excluding hydrogens is 282 g/mol. The molecule has 0 radical (unpaired) electrons. The highest BCUT2D eigenvalue weighted by Crippen LogP contribution is 2.19. The normalized spacial score (nSPS) is 20.7. The third-order valence-electron chi connectivity index (χ3n) is 3.13. The van der Waals surface area contributed by atoms with Crippen LogP contribution in [0.2, 0.25) is 0 Å². The second-order valence-electron chi connectivity index (χ2n) is 4.68. The molecule has 1 saturated heterocycles. The summed E-state index contributed by atoms with van der Waals surface area (Å²) in [6.07, 6.45) is -0.242. The van der Waals surface area contributed by atoms with Gasteiger partial charge in [-0.25, -0.2) is 8.42 Å². The highest BCUT2D eigenvalue weighted by atomic mass is 32.2. The number of aliphatic carboxylic acids is 1. The van der Waals surface area contributed by atoms with Crippen molar-refractivity contribution in [2.75, 3.05) is 19.8 Å². The van der Waals surface area contributed by atoms with E-state index in [1.165, 1.54) is 4.31 Å². The summed E-state index contributed by atoms with van der Waals surface area (Å²) < 4.78 is 31.3. The first-order valence-electron chi connectivity index (χ1n) is 6.32. The van der Waals surface area contributed by atoms with E-state index in [2.05, 4.69) is 0 Å². The molecule has 20 heavy (non-hydrogen) atoms. The number of rotatable bonds is 5. The molecule has 1 aliphatic rings. The van der Waals surface area contributed by atoms with Crippen molar-refractivity contribution in [3.63, 3.8) is 0 Å². The molecule has 1 aromatic rings. The molecule has 0 aromatic heterocycles. The molecule has 1 heterocycles. The monoisotopic (exact) mass is 299 g/mol. The van der Waals surface area contributed by atoms with Crippen molar-refractivity contribution in [3.05, 3.63) is 35.9 Å². The average Bonchev–Trinajstić information content (AvgIpc) is 2.39. The van der Waals surface area contributed by atoms with Crippen LogP contribution in [0.3, 0.4) is 0 Å². The van der Waals surface area contributed by atoms with E-state index in [4.69, 9.17) is 9.84 Å². The fourth-order valence-corrected chi connectivity index (χ4v) is 3.96. The zero-order valence-corrected chi connectivity index (χ0v) is 11.8. The first-order chi connectivity index (χ1) is 9.49. The molecule has 0 saturated carbocycles. The molecule has 6 nitrogen and oxygen atoms in total. The maximum atomic E-state index is 12.4. The first kappa shape index (κ1) is 15.0. The minimum absolute atomic E-state index is 0.121. The lowest BCUT2D eigenvalue weighted by Gasteiger charge is -2.33. The molecule has 0 aliphatic carbocycles. The Morgan fingerprint density at radius 2 is 2.05 bits per heavy atom. The van der Waals surface area contributed by atoms with E-state index in [1.807, 2.05) is 6.07 Å². The molecule has 7 heteroatoms. The van der Waals surface area contributed by atoms with Crippen LogP contribution >= 0.6 is 0 Å². The number of carbonyl (C=O) groups is 1. The number of sulfonamides is 1. The predicted octanol–water partition coefficient (Wildman–Crippen LogP) is 0.692. The maximum absolute atomic E-state index is 12.4. The SMILES string of the molecule is O=C(O)CC1COCCN1S(=O)(=O)Cc1ccccc1. The van der Waals surface area contributed by atoms with Crippen molar-refractivity contribution in [1.29, 1.82) is 0 Å². The fraction of sp³-hybridized carbons (Fsp3) is 0.462. The zero-order valence-electron chi connectivity index (χ0n) is 10.9. The lowest BCUT2D eigenvalue weighted by molar-refractivity contribution is -0.139. The molecule has 1 aromatic carbocycles. The Morgan fingerprint density at radius 1 is 1.35 bits per heavy atom. The van der Waals surface area contributed by atoms with Crippen LogP contribution in [0.25, 0.3) is 0 Å². The standard InChI is InChI=1S/C13H17NO5S/c15-13(16)8-12-9-19-7-6-14(12)20(17,18)10-11-4-2-1-3-5-11/h1-5,12H,6-10H2,(H,15,16). The third-order valence-corrected chi connectivity index (χ3v) is 5.03. The van der Waals surface area contributed by atoms with Crippen molar-refractivity contribution >= 4 is 16.0 Å². The van der Waals surface area contributed by atoms with Gasteiger partial charge in [0.05, 0.1) is 31.4 Å². The third kappa shape index (κ3) is 3.78. The van der Waals surface area contributed by atoms with Crippen molar-refractivity contribution in [1.82, 2.24) is 4.31 Å². The number of hydrogen-bond donors (Lipinski definition) is 1. The number of ether oxygens (including phenoxy) is 1. The van der Waals surface area contributed by atoms with Crippen molar-refractivity contribution in [3.8, 4) is 0 Å². The molecule has 1 unspecified atom stereocenters. The summed E-state index contributed by atoms with van der Waals surface area (Å²) in [6.45, 7) is 0.623. The average molecular weight is 299 g/mol. The van der Waals surface area contributed by atoms with Crippen LogP contribution in [-0.2, 0) is 25.3 Å². The van der Waals surface area contributed by atoms with Gasteiger partial charge in [-0.05, 0) is 5.56 Å². The van der Waals surface area contributed by atoms with Gasteiger partial charge in [0.15, 0.2) is 0 Å². The van der Waals surface area contributed by atoms with Crippen LogP contribution in [-0.4, -0.2) is 49.6 Å². The Balaban J connectivity index is 2.15. The number of carboxylic acid groups (broad SMARTS) is 1. The van der Waals surface area contributed by atoms with E-state index in [0.717, 1.165) is 0 Å². The second-order valence-corrected chi connectivity index (χ2v) is 6.60. The van der Waals surface area contributed by atoms with Crippen LogP contribution in [0.5, 0.6) is 0 Å². The number of benzene rings is 1. The van der Waals surface area contributed by atoms with Gasteiger partial charge in [0, 0.05) is 6.54 Å². The van der Waals surface area contributed by atoms with E-state index in [1.54, 1.807) is 24.3 Å². The Labute approximate surface area is 118 Å². The van der Waals surface area contributed by atoms with E-state index < -0.39 is 22.0 Å². The van der Waals surface area contributed by atoms with Crippen LogP contribution in [0.1, 0.15) is 12.0 Å². The van der Waals surface area contributed by atoms with Gasteiger partial charge in [-0.15, -0.1) is 0 Å². The van der Waals surface area contributed by atoms with Gasteiger partial charge in [0.2, 0.25) is 10.0 Å². The number of nitrogens with zero attached hydrogens (tertiary/aromatic N) is 1. The Kier molecular flexibility index (Phi) is 4.74. The molecule has 0 spiro atoms. The van der Waals surface area contributed by atoms with Crippen LogP contribution in [0.15, 0.2) is 30.3 Å². The minimum atomic E-state index is -3.54. The van der Waals surface area contributed by atoms with Crippen molar-refractivity contribution in [2.45, 2.75) is 18.2 Å². The number of morpholine rings is 1. The van der Waals surface area contributed by atoms with Gasteiger partial charge in [-0.2, -0.15) is 4.31 Å². The largest absolute Gasteiger partial charge is 0.481 e. The highest BCUT2D eigenvalue weighted by Gasteiger charge is 2.34. The summed E-state index contributed by atoms with van der Waals surface area (Å²) in [4.78, 5) is 10.8. The van der Waals surface area contributed by atoms with Gasteiger partial charge in [-0.3, -0.25) is 4.79 Å². The highest BCUT2D eigenvalue weighted by molar-refractivity contribution is 7.88. The van der Waals surface area contributed by atoms with E-state index in [-0.39, 0.29) is 25.3 Å². The first-order valence-corrected chi connectivity index (χ1v) is 7.93. The molecule has 1 N–H and O–H groups in total. The zero-order chi connectivity index (χ0) is 14.6. The molecule has 1 fully saturated rings. The van der Waals surface area contributed by atoms with E-state index in [0.29, 0.717) is 12.2 Å². The van der Waals surface area contributed by atoms with Gasteiger partial charge < -0.3 is 9.84 Å². The number of hydrogen-bond acceptors (Lipinski definition) is 4. The summed E-state index contributed by atoms with van der Waals surface area (Å²) in [5.41, 5.74) is 0.688. The number of carboxylic acids is 1. The Bertz CT molecular complexity index is 557. The molecule has 0 bridgehead atoms. The van der Waals surface area contributed by atoms with Crippen molar-refractivity contribution < 1.29 is 23.1 Å². The summed E-state index contributed by atoms with van der Waals surface area (Å²) >= 11 is 0. The molecule has 1 aliphatic heterocycles. The van der Waals surface area contributed by atoms with Gasteiger partial charge in [-0.1, -0.05) is 30.3 Å². The smallest absolute Gasteiger partial charge is 0.305 e. The summed E-state index contributed by atoms with van der Waals surface area (Å²) in [5, 5.41) is 8.86. The van der Waals surface area contributed by atoms with E-state index in [9.17, 15) is 13.2 Å². The Hall–Kier alpha value is -1.44. The summed E-state index contributed by atoms with van der Waals surface area (Å²) in [6, 6.07) is 8.22. The van der Waals surface area contributed by atoms with Gasteiger partial charge in [0.1, 0.15) is 0 Å². The molecule has 2 rings (SSSR count). The maximum Gasteiger partial charge on any atom is 0.305 e. The van der Waals surface area contributed by atoms with Crippen LogP contribution in [0, 0.1) is 0 Å². The summed E-state index contributed by atoms with van der Waals surface area (Å²) in [7, 11) is -3.54. The molecule has 1 atom stereocenters. The van der Waals surface area contributed by atoms with Gasteiger partial charge in [0.25, 0.3) is 0 Å². The fourth-order valence-electron chi connectivity index (χ4n) is 2.24. The van der Waals surface area contributed by atoms with E-state index >= 15 is 0 Å². The van der Waals surface area contributed by atoms with Gasteiger partial charge >= 0.3 is 5.97 Å². The lowest BCUT2D eigenvalue weighted by Crippen LogP contribution is -2.49. The van der Waals surface area contributed by atoms with Crippen molar-refractivity contribution in [2.24, 2.45) is 0 Å². The predicted molar refractivity (Wildman–Crippen MR) is 72.6 cm³/mol. The molecule has 110 valence electrons. The minimum Gasteiger partial charge on any atom is -0.481 e. The van der Waals surface area contributed by atoms with Crippen LogP contribution < -0.4 is 0 Å².